The zero-order valence-electron chi connectivity index (χ0n) is 20.6. The van der Waals surface area contributed by atoms with Crippen molar-refractivity contribution in [2.45, 2.75) is 44.4 Å². The van der Waals surface area contributed by atoms with Gasteiger partial charge in [0, 0.05) is 49.4 Å². The van der Waals surface area contributed by atoms with E-state index < -0.39 is 17.9 Å². The van der Waals surface area contributed by atoms with Crippen molar-refractivity contribution in [2.75, 3.05) is 46.3 Å². The third kappa shape index (κ3) is 6.56. The van der Waals surface area contributed by atoms with Crippen LogP contribution in [0.1, 0.15) is 50.0 Å². The lowest BCUT2D eigenvalue weighted by Crippen LogP contribution is -2.36. The number of nitrogens with zero attached hydrogens (tertiary/aromatic N) is 3. The van der Waals surface area contributed by atoms with Crippen molar-refractivity contribution in [1.29, 1.82) is 0 Å². The summed E-state index contributed by atoms with van der Waals surface area (Å²) in [6.45, 7) is 5.59. The van der Waals surface area contributed by atoms with Gasteiger partial charge in [-0.15, -0.1) is 24.8 Å². The maximum Gasteiger partial charge on any atom is 0.334 e. The fourth-order valence-corrected chi connectivity index (χ4v) is 5.91. The van der Waals surface area contributed by atoms with Crippen LogP contribution in [0.25, 0.3) is 0 Å². The zero-order valence-corrected chi connectivity index (χ0v) is 23.0. The minimum Gasteiger partial charge on any atom is -0.478 e. The molecule has 36 heavy (non-hydrogen) atoms. The van der Waals surface area contributed by atoms with Crippen molar-refractivity contribution in [3.8, 4) is 0 Å². The minimum absolute atomic E-state index is 0. The molecule has 3 aliphatic heterocycles. The Hall–Kier alpha value is -1.77. The number of carbonyl (C=O) groups is 2. The van der Waals surface area contributed by atoms with E-state index in [2.05, 4.69) is 9.80 Å². The Morgan fingerprint density at radius 3 is 1.64 bits per heavy atom. The molecule has 0 unspecified atom stereocenters. The predicted octanol–water partition coefficient (Wildman–Crippen LogP) is 4.86. The highest BCUT2D eigenvalue weighted by molar-refractivity contribution is 6.31. The van der Waals surface area contributed by atoms with Crippen molar-refractivity contribution in [3.63, 3.8) is 0 Å². The van der Waals surface area contributed by atoms with E-state index in [0.29, 0.717) is 34.8 Å². The number of likely N-dealkylation sites (tertiary alicyclic amines) is 2. The fraction of sp³-hybridized carbons (Fsp3) is 0.538. The van der Waals surface area contributed by atoms with Crippen LogP contribution in [0.4, 0.5) is 0 Å². The summed E-state index contributed by atoms with van der Waals surface area (Å²) in [5, 5.41) is 21.1. The number of hydrogen-bond donors (Lipinski definition) is 2. The van der Waals surface area contributed by atoms with Gasteiger partial charge >= 0.3 is 11.9 Å². The molecule has 0 atom stereocenters. The Morgan fingerprint density at radius 1 is 0.833 bits per heavy atom. The third-order valence-corrected chi connectivity index (χ3v) is 7.76. The Balaban J connectivity index is 0.00000228. The van der Waals surface area contributed by atoms with Crippen molar-refractivity contribution >= 4 is 48.4 Å². The van der Waals surface area contributed by atoms with Gasteiger partial charge in [-0.2, -0.15) is 0 Å². The van der Waals surface area contributed by atoms with E-state index in [9.17, 15) is 19.8 Å². The van der Waals surface area contributed by atoms with Crippen molar-refractivity contribution in [2.24, 2.45) is 0 Å². The first-order valence-electron chi connectivity index (χ1n) is 12.2. The van der Waals surface area contributed by atoms with Crippen LogP contribution in [-0.4, -0.2) is 83.2 Å². The van der Waals surface area contributed by atoms with Gasteiger partial charge in [0.15, 0.2) is 0 Å². The molecule has 2 N–H and O–H groups in total. The second-order valence-electron chi connectivity index (χ2n) is 9.44. The number of carboxylic acid groups (broad SMARTS) is 2. The molecule has 3 aliphatic rings. The molecular weight excluding hydrogens is 525 g/mol. The van der Waals surface area contributed by atoms with Crippen LogP contribution in [0.5, 0.6) is 0 Å². The normalized spacial score (nSPS) is 19.4. The number of aliphatic carboxylic acids is 2. The molecular formula is C26H36Cl3N3O4. The quantitative estimate of drug-likeness (QED) is 0.446. The van der Waals surface area contributed by atoms with Crippen LogP contribution >= 0.6 is 36.4 Å². The summed E-state index contributed by atoms with van der Waals surface area (Å²) >= 11 is 6.53. The first-order valence-corrected chi connectivity index (χ1v) is 12.6. The molecule has 0 radical (unpaired) electrons. The van der Waals surface area contributed by atoms with E-state index in [4.69, 9.17) is 11.6 Å². The summed E-state index contributed by atoms with van der Waals surface area (Å²) in [4.78, 5) is 31.9. The van der Waals surface area contributed by atoms with Gasteiger partial charge < -0.3 is 24.9 Å². The molecule has 10 heteroatoms. The molecule has 200 valence electrons. The standard InChI is InChI=1S/C26H34ClN3O4.2ClH/c1-28-20(10-16-29-12-4-5-13-29)23(25(31)32)22(18-8-2-3-9-19(18)27)24(26(33)34)21(28)11-17-30-14-6-7-15-30;;/h2-3,8-9,22H,4-7,10-17H2,1H3,(H,31,32)(H,33,34);2*1H. The average Bonchev–Trinajstić information content (AvgIpc) is 3.51. The van der Waals surface area contributed by atoms with Crippen molar-refractivity contribution in [1.82, 2.24) is 14.7 Å². The van der Waals surface area contributed by atoms with Crippen LogP contribution in [0.3, 0.4) is 0 Å². The molecule has 4 rings (SSSR count). The molecule has 1 aromatic carbocycles. The molecule has 2 saturated heterocycles. The smallest absolute Gasteiger partial charge is 0.334 e. The number of rotatable bonds is 9. The lowest BCUT2D eigenvalue weighted by Gasteiger charge is -2.38. The lowest BCUT2D eigenvalue weighted by molar-refractivity contribution is -0.133. The minimum atomic E-state index is -1.09. The summed E-state index contributed by atoms with van der Waals surface area (Å²) in [6.07, 6.45) is 5.75. The van der Waals surface area contributed by atoms with Gasteiger partial charge in [-0.3, -0.25) is 0 Å². The largest absolute Gasteiger partial charge is 0.478 e. The molecule has 0 aromatic heterocycles. The Morgan fingerprint density at radius 2 is 1.25 bits per heavy atom. The van der Waals surface area contributed by atoms with Gasteiger partial charge in [0.05, 0.1) is 17.1 Å². The van der Waals surface area contributed by atoms with Crippen LogP contribution in [0, 0.1) is 0 Å². The van der Waals surface area contributed by atoms with Gasteiger partial charge in [-0.05, 0) is 63.5 Å². The molecule has 0 amide bonds. The molecule has 0 saturated carbocycles. The number of benzene rings is 1. The Labute approximate surface area is 230 Å². The molecule has 0 bridgehead atoms. The topological polar surface area (TPSA) is 84.3 Å². The second-order valence-corrected chi connectivity index (χ2v) is 9.85. The van der Waals surface area contributed by atoms with E-state index in [-0.39, 0.29) is 36.0 Å². The molecule has 1 aromatic rings. The maximum atomic E-state index is 12.7. The highest BCUT2D eigenvalue weighted by atomic mass is 35.5. The van der Waals surface area contributed by atoms with Crippen LogP contribution in [0.2, 0.25) is 5.02 Å². The highest BCUT2D eigenvalue weighted by Crippen LogP contribution is 2.45. The summed E-state index contributed by atoms with van der Waals surface area (Å²) in [5.41, 5.74) is 2.15. The maximum absolute atomic E-state index is 12.7. The van der Waals surface area contributed by atoms with E-state index in [0.717, 1.165) is 65.0 Å². The van der Waals surface area contributed by atoms with E-state index in [1.165, 1.54) is 0 Å². The van der Waals surface area contributed by atoms with Gasteiger partial charge in [0.1, 0.15) is 0 Å². The third-order valence-electron chi connectivity index (χ3n) is 7.41. The Kier molecular flexibility index (Phi) is 11.6. The monoisotopic (exact) mass is 559 g/mol. The SMILES string of the molecule is CN1C(CCN2CCCC2)=C(C(=O)O)C(c2ccccc2Cl)C(C(=O)O)=C1CCN1CCCC1.Cl.Cl. The summed E-state index contributed by atoms with van der Waals surface area (Å²) < 4.78 is 0. The number of carboxylic acids is 2. The van der Waals surface area contributed by atoms with Crippen molar-refractivity contribution in [3.05, 3.63) is 57.4 Å². The molecule has 7 nitrogen and oxygen atoms in total. The van der Waals surface area contributed by atoms with Gasteiger partial charge in [0.2, 0.25) is 0 Å². The lowest BCUT2D eigenvalue weighted by atomic mass is 9.78. The molecule has 0 spiro atoms. The highest BCUT2D eigenvalue weighted by Gasteiger charge is 2.41. The first-order chi connectivity index (χ1) is 16.4. The van der Waals surface area contributed by atoms with Gasteiger partial charge in [0.25, 0.3) is 0 Å². The number of halogens is 3. The summed E-state index contributed by atoms with van der Waals surface area (Å²) in [5.74, 6) is -3.10. The van der Waals surface area contributed by atoms with Gasteiger partial charge in [-0.1, -0.05) is 29.8 Å². The van der Waals surface area contributed by atoms with Gasteiger partial charge in [-0.25, -0.2) is 9.59 Å². The van der Waals surface area contributed by atoms with E-state index in [1.54, 1.807) is 24.3 Å². The predicted molar refractivity (Wildman–Crippen MR) is 146 cm³/mol. The number of hydrogen-bond acceptors (Lipinski definition) is 5. The van der Waals surface area contributed by atoms with Crippen LogP contribution in [-0.2, 0) is 9.59 Å². The molecule has 3 heterocycles. The fourth-order valence-electron chi connectivity index (χ4n) is 5.66. The van der Waals surface area contributed by atoms with Crippen LogP contribution in [0.15, 0.2) is 46.8 Å². The summed E-state index contributed by atoms with van der Waals surface area (Å²) in [7, 11) is 1.83. The zero-order chi connectivity index (χ0) is 24.2. The van der Waals surface area contributed by atoms with E-state index >= 15 is 0 Å². The second kappa shape index (κ2) is 13.7. The molecule has 0 aliphatic carbocycles. The van der Waals surface area contributed by atoms with E-state index in [1.807, 2.05) is 11.9 Å². The summed E-state index contributed by atoms with van der Waals surface area (Å²) in [6, 6.07) is 7.01. The van der Waals surface area contributed by atoms with Crippen molar-refractivity contribution < 1.29 is 19.8 Å². The molecule has 2 fully saturated rings. The first kappa shape index (κ1) is 30.5. The average molecular weight is 561 g/mol. The Bertz CT molecular complexity index is 946. The van der Waals surface area contributed by atoms with Crippen LogP contribution < -0.4 is 0 Å².